The third-order valence-corrected chi connectivity index (χ3v) is 11.2. The largest absolute Gasteiger partial charge is 0.508 e. The zero-order chi connectivity index (χ0) is 39.4. The van der Waals surface area contributed by atoms with Crippen LogP contribution in [0, 0.1) is 0 Å². The van der Waals surface area contributed by atoms with Gasteiger partial charge in [-0.3, -0.25) is 19.3 Å². The van der Waals surface area contributed by atoms with Crippen molar-refractivity contribution in [2.45, 2.75) is 50.0 Å². The number of rotatable bonds is 17. The summed E-state index contributed by atoms with van der Waals surface area (Å²) in [5.41, 5.74) is 6.04. The average molecular weight is 760 g/mol. The summed E-state index contributed by atoms with van der Waals surface area (Å²) in [6.45, 7) is 6.34. The number of ether oxygens (including phenoxy) is 1. The summed E-state index contributed by atoms with van der Waals surface area (Å²) in [5, 5.41) is 16.0. The Kier molecular flexibility index (Phi) is 13.8. The van der Waals surface area contributed by atoms with Crippen molar-refractivity contribution in [1.29, 1.82) is 0 Å². The molecule has 1 saturated heterocycles. The number of likely N-dealkylation sites (N-methyl/N-ethyl adjacent to an activating group) is 2. The van der Waals surface area contributed by atoms with Gasteiger partial charge in [-0.25, -0.2) is 0 Å². The molecule has 3 N–H and O–H groups in total. The molecule has 2 aliphatic rings. The first-order valence-corrected chi connectivity index (χ1v) is 19.6. The molecule has 2 amide bonds. The molecule has 4 aromatic carbocycles. The van der Waals surface area contributed by atoms with Gasteiger partial charge in [-0.2, -0.15) is 0 Å². The number of carbonyl (C=O) groups excluding carboxylic acids is 4. The van der Waals surface area contributed by atoms with Gasteiger partial charge in [0.15, 0.2) is 6.29 Å². The third-order valence-electron chi connectivity index (χ3n) is 11.2. The van der Waals surface area contributed by atoms with Crippen LogP contribution >= 0.6 is 0 Å². The van der Waals surface area contributed by atoms with Crippen LogP contribution in [0.5, 0.6) is 11.5 Å². The van der Waals surface area contributed by atoms with Gasteiger partial charge in [0.25, 0.3) is 5.91 Å². The van der Waals surface area contributed by atoms with E-state index in [-0.39, 0.29) is 47.5 Å². The van der Waals surface area contributed by atoms with Crippen LogP contribution in [-0.2, 0) is 9.59 Å². The van der Waals surface area contributed by atoms with Gasteiger partial charge in [-0.15, -0.1) is 0 Å². The van der Waals surface area contributed by atoms with E-state index in [1.165, 1.54) is 35.8 Å². The number of nitrogens with one attached hydrogen (secondary N) is 2. The van der Waals surface area contributed by atoms with E-state index < -0.39 is 11.9 Å². The summed E-state index contributed by atoms with van der Waals surface area (Å²) < 4.78 is 6.15. The van der Waals surface area contributed by atoms with E-state index in [4.69, 9.17) is 4.74 Å². The quantitative estimate of drug-likeness (QED) is 0.0866. The van der Waals surface area contributed by atoms with Gasteiger partial charge in [0.2, 0.25) is 5.91 Å². The van der Waals surface area contributed by atoms with E-state index in [1.54, 1.807) is 30.3 Å². The second kappa shape index (κ2) is 19.3. The smallest absolute Gasteiger partial charge is 0.255 e. The Hall–Kier alpha value is -5.68. The molecular weight excluding hydrogens is 707 g/mol. The molecule has 2 heterocycles. The molecule has 0 spiro atoms. The highest BCUT2D eigenvalue weighted by molar-refractivity contribution is 6.03. The predicted octanol–water partition coefficient (Wildman–Crippen LogP) is 6.08. The number of carbonyl (C=O) groups is 4. The molecule has 56 heavy (non-hydrogen) atoms. The summed E-state index contributed by atoms with van der Waals surface area (Å²) in [4.78, 5) is 54.7. The van der Waals surface area contributed by atoms with Crippen molar-refractivity contribution in [2.75, 3.05) is 70.2 Å². The minimum Gasteiger partial charge on any atom is -0.508 e. The normalized spacial score (nSPS) is 17.2. The van der Waals surface area contributed by atoms with E-state index in [2.05, 4.69) is 69.0 Å². The first-order chi connectivity index (χ1) is 27.3. The number of piperazine rings is 1. The van der Waals surface area contributed by atoms with Crippen molar-refractivity contribution < 1.29 is 29.0 Å². The van der Waals surface area contributed by atoms with Gasteiger partial charge in [0, 0.05) is 93.6 Å². The topological polar surface area (TPSA) is 132 Å². The number of phenolic OH excluding ortho intramolecular Hbond substituents is 1. The molecular formula is C45H53N5O6. The van der Waals surface area contributed by atoms with Crippen molar-refractivity contribution in [3.05, 3.63) is 119 Å². The zero-order valence-electron chi connectivity index (χ0n) is 32.4. The van der Waals surface area contributed by atoms with Crippen molar-refractivity contribution >= 4 is 35.8 Å². The summed E-state index contributed by atoms with van der Waals surface area (Å²) in [6.07, 6.45) is 4.85. The van der Waals surface area contributed by atoms with E-state index in [1.807, 2.05) is 12.1 Å². The highest BCUT2D eigenvalue weighted by Gasteiger charge is 2.34. The number of hydrogen-bond donors (Lipinski definition) is 3. The van der Waals surface area contributed by atoms with Crippen molar-refractivity contribution in [2.24, 2.45) is 0 Å². The molecule has 6 rings (SSSR count). The van der Waals surface area contributed by atoms with Crippen LogP contribution in [0.15, 0.2) is 91.0 Å². The molecule has 2 aliphatic heterocycles. The summed E-state index contributed by atoms with van der Waals surface area (Å²) in [7, 11) is 2.99. The number of aldehydes is 2. The highest BCUT2D eigenvalue weighted by Crippen LogP contribution is 2.47. The SMILES string of the molecule is CNC(=O)C(CCC=O)N(C)C(=O)c1ccc(NCCCCCN2CCN(c3ccc([C@@H]4c5ccc(O)cc5OC[C@@H]4c4ccccc4)cc3)CC2)cc1C=O. The maximum absolute atomic E-state index is 13.2. The lowest BCUT2D eigenvalue weighted by Gasteiger charge is -2.37. The first-order valence-electron chi connectivity index (χ1n) is 19.6. The van der Waals surface area contributed by atoms with Gasteiger partial charge in [-0.05, 0) is 73.3 Å². The molecule has 1 unspecified atom stereocenters. The van der Waals surface area contributed by atoms with Crippen LogP contribution < -0.4 is 20.3 Å². The third kappa shape index (κ3) is 9.57. The molecule has 0 aromatic heterocycles. The lowest BCUT2D eigenvalue weighted by atomic mass is 9.76. The Labute approximate surface area is 329 Å². The number of unbranched alkanes of at least 4 members (excludes halogenated alkanes) is 2. The van der Waals surface area contributed by atoms with E-state index in [9.17, 15) is 24.3 Å². The lowest BCUT2D eigenvalue weighted by Crippen LogP contribution is -2.47. The molecule has 0 saturated carbocycles. The average Bonchev–Trinajstić information content (AvgIpc) is 3.24. The molecule has 11 nitrogen and oxygen atoms in total. The van der Waals surface area contributed by atoms with Crippen molar-refractivity contribution in [3.8, 4) is 11.5 Å². The van der Waals surface area contributed by atoms with E-state index in [0.29, 0.717) is 12.9 Å². The number of anilines is 2. The van der Waals surface area contributed by atoms with Gasteiger partial charge in [-0.1, -0.05) is 55.0 Å². The second-order valence-corrected chi connectivity index (χ2v) is 14.6. The van der Waals surface area contributed by atoms with Crippen LogP contribution in [0.4, 0.5) is 11.4 Å². The second-order valence-electron chi connectivity index (χ2n) is 14.6. The van der Waals surface area contributed by atoms with Gasteiger partial charge in [0.1, 0.15) is 23.8 Å². The Bertz CT molecular complexity index is 1950. The fourth-order valence-corrected chi connectivity index (χ4v) is 7.98. The Balaban J connectivity index is 0.945. The molecule has 4 aromatic rings. The fraction of sp³-hybridized carbons (Fsp3) is 0.378. The van der Waals surface area contributed by atoms with Gasteiger partial charge < -0.3 is 35.1 Å². The Morgan fingerprint density at radius 2 is 1.68 bits per heavy atom. The molecule has 294 valence electrons. The molecule has 1 fully saturated rings. The Morgan fingerprint density at radius 1 is 0.911 bits per heavy atom. The zero-order valence-corrected chi connectivity index (χ0v) is 32.4. The van der Waals surface area contributed by atoms with Crippen LogP contribution in [-0.4, -0.2) is 105 Å². The standard InChI is InChI=1S/C45H53N5O6/c1-46-44(54)41(12-9-27-51)48(2)45(55)38-19-15-35(28-34(38)30-52)47-21-7-4-8-22-49-23-25-50(26-24-49)36-16-13-33(14-17-36)43-39-20-18-37(53)29-42(39)56-31-40(43)32-10-5-3-6-11-32/h3,5-6,10-11,13-20,27-30,40-41,43,47,53H,4,7-9,12,21-26,31H2,1-2H3,(H,46,54)/t40-,41?,43-/m1/s1. The van der Waals surface area contributed by atoms with Crippen molar-refractivity contribution in [3.63, 3.8) is 0 Å². The predicted molar refractivity (Wildman–Crippen MR) is 219 cm³/mol. The molecule has 11 heteroatoms. The van der Waals surface area contributed by atoms with E-state index in [0.717, 1.165) is 81.8 Å². The molecule has 3 atom stereocenters. The minimum absolute atomic E-state index is 0.122. The van der Waals surface area contributed by atoms with Gasteiger partial charge in [0.05, 0.1) is 12.2 Å². The molecule has 0 bridgehead atoms. The number of fused-ring (bicyclic) bond motifs is 1. The van der Waals surface area contributed by atoms with Crippen LogP contribution in [0.25, 0.3) is 0 Å². The van der Waals surface area contributed by atoms with Crippen LogP contribution in [0.3, 0.4) is 0 Å². The molecule has 0 aliphatic carbocycles. The number of benzene rings is 4. The fourth-order valence-electron chi connectivity index (χ4n) is 7.98. The summed E-state index contributed by atoms with van der Waals surface area (Å²) in [5.74, 6) is 0.442. The number of phenols is 1. The maximum Gasteiger partial charge on any atom is 0.255 e. The van der Waals surface area contributed by atoms with Crippen molar-refractivity contribution in [1.82, 2.24) is 15.1 Å². The molecule has 0 radical (unpaired) electrons. The highest BCUT2D eigenvalue weighted by atomic mass is 16.5. The monoisotopic (exact) mass is 759 g/mol. The lowest BCUT2D eigenvalue weighted by molar-refractivity contribution is -0.125. The Morgan fingerprint density at radius 3 is 2.39 bits per heavy atom. The van der Waals surface area contributed by atoms with Crippen LogP contribution in [0.1, 0.15) is 81.3 Å². The maximum atomic E-state index is 13.2. The number of hydrogen-bond acceptors (Lipinski definition) is 9. The van der Waals surface area contributed by atoms with Crippen LogP contribution in [0.2, 0.25) is 0 Å². The number of aromatic hydroxyl groups is 1. The van der Waals surface area contributed by atoms with E-state index >= 15 is 0 Å². The first kappa shape index (κ1) is 40.0. The number of nitrogens with zero attached hydrogens (tertiary/aromatic N) is 3. The number of amides is 2. The van der Waals surface area contributed by atoms with Gasteiger partial charge >= 0.3 is 0 Å². The minimum atomic E-state index is -0.814. The summed E-state index contributed by atoms with van der Waals surface area (Å²) >= 11 is 0. The summed E-state index contributed by atoms with van der Waals surface area (Å²) in [6, 6.07) is 29.3.